The molecule has 5 heteroatoms. The highest BCUT2D eigenvalue weighted by Crippen LogP contribution is 2.20. The van der Waals surface area contributed by atoms with E-state index in [0.29, 0.717) is 18.5 Å². The second-order valence-electron chi connectivity index (χ2n) is 4.79. The van der Waals surface area contributed by atoms with Gasteiger partial charge in [0, 0.05) is 12.1 Å². The van der Waals surface area contributed by atoms with Crippen LogP contribution in [0.15, 0.2) is 12.4 Å². The third kappa shape index (κ3) is 3.57. The Morgan fingerprint density at radius 1 is 1.39 bits per heavy atom. The lowest BCUT2D eigenvalue weighted by Gasteiger charge is -2.29. The van der Waals surface area contributed by atoms with Crippen molar-refractivity contribution >= 4 is 5.82 Å². The van der Waals surface area contributed by atoms with E-state index in [2.05, 4.69) is 22.2 Å². The second-order valence-corrected chi connectivity index (χ2v) is 4.79. The van der Waals surface area contributed by atoms with Gasteiger partial charge in [0.1, 0.15) is 5.82 Å². The molecule has 1 fully saturated rings. The molecule has 0 aliphatic heterocycles. The molecule has 100 valence electrons. The van der Waals surface area contributed by atoms with Gasteiger partial charge in [0.2, 0.25) is 5.88 Å². The topological polar surface area (TPSA) is 73.1 Å². The lowest BCUT2D eigenvalue weighted by Crippen LogP contribution is -2.42. The molecule has 1 aromatic rings. The van der Waals surface area contributed by atoms with E-state index < -0.39 is 0 Å². The van der Waals surface area contributed by atoms with Gasteiger partial charge in [-0.25, -0.2) is 0 Å². The van der Waals surface area contributed by atoms with Crippen LogP contribution >= 0.6 is 0 Å². The van der Waals surface area contributed by atoms with Crippen LogP contribution in [0, 0.1) is 0 Å². The Morgan fingerprint density at radius 2 is 2.22 bits per heavy atom. The highest BCUT2D eigenvalue weighted by atomic mass is 16.5. The molecule has 1 heterocycles. The molecular weight excluding hydrogens is 228 g/mol. The molecule has 2 atom stereocenters. The molecule has 0 amide bonds. The number of ether oxygens (including phenoxy) is 1. The van der Waals surface area contributed by atoms with Crippen molar-refractivity contribution in [3.63, 3.8) is 0 Å². The molecular formula is C13H22N4O. The predicted molar refractivity (Wildman–Crippen MR) is 71.7 cm³/mol. The molecule has 1 aliphatic carbocycles. The van der Waals surface area contributed by atoms with E-state index in [1.165, 1.54) is 12.8 Å². The Labute approximate surface area is 108 Å². The van der Waals surface area contributed by atoms with Gasteiger partial charge in [0.25, 0.3) is 0 Å². The Bertz CT molecular complexity index is 372. The number of hydrogen-bond acceptors (Lipinski definition) is 5. The number of nitrogens with zero attached hydrogens (tertiary/aromatic N) is 2. The first-order valence-corrected chi connectivity index (χ1v) is 6.76. The van der Waals surface area contributed by atoms with Crippen LogP contribution in [0.2, 0.25) is 0 Å². The fourth-order valence-electron chi connectivity index (χ4n) is 2.22. The molecule has 3 N–H and O–H groups in total. The highest BCUT2D eigenvalue weighted by Gasteiger charge is 2.21. The Morgan fingerprint density at radius 3 is 3.00 bits per heavy atom. The molecule has 0 aromatic carbocycles. The van der Waals surface area contributed by atoms with Crippen molar-refractivity contribution in [3.05, 3.63) is 12.4 Å². The SMILES string of the molecule is CCCOc1cncc(N[C@@H]2CCCC[C@H]2N)n1. The molecule has 2 rings (SSSR count). The van der Waals surface area contributed by atoms with Crippen LogP contribution in [0.1, 0.15) is 39.0 Å². The van der Waals surface area contributed by atoms with E-state index >= 15 is 0 Å². The maximum Gasteiger partial charge on any atom is 0.234 e. The van der Waals surface area contributed by atoms with Crippen molar-refractivity contribution in [3.8, 4) is 5.88 Å². The van der Waals surface area contributed by atoms with E-state index in [-0.39, 0.29) is 6.04 Å². The van der Waals surface area contributed by atoms with Crippen LogP contribution < -0.4 is 15.8 Å². The number of anilines is 1. The molecule has 1 saturated carbocycles. The molecule has 1 aliphatic rings. The quantitative estimate of drug-likeness (QED) is 0.835. The number of rotatable bonds is 5. The van der Waals surface area contributed by atoms with Crippen molar-refractivity contribution in [1.29, 1.82) is 0 Å². The third-order valence-electron chi connectivity index (χ3n) is 3.22. The molecule has 1 aromatic heterocycles. The Balaban J connectivity index is 1.95. The van der Waals surface area contributed by atoms with Gasteiger partial charge in [-0.2, -0.15) is 4.98 Å². The summed E-state index contributed by atoms with van der Waals surface area (Å²) in [7, 11) is 0. The average molecular weight is 250 g/mol. The van der Waals surface area contributed by atoms with E-state index in [4.69, 9.17) is 10.5 Å². The Kier molecular flexibility index (Phi) is 4.75. The summed E-state index contributed by atoms with van der Waals surface area (Å²) in [5, 5.41) is 3.37. The molecule has 0 saturated heterocycles. The summed E-state index contributed by atoms with van der Waals surface area (Å²) in [5.74, 6) is 1.33. The molecule has 18 heavy (non-hydrogen) atoms. The van der Waals surface area contributed by atoms with E-state index in [0.717, 1.165) is 25.1 Å². The maximum atomic E-state index is 6.10. The van der Waals surface area contributed by atoms with E-state index in [1.54, 1.807) is 12.4 Å². The summed E-state index contributed by atoms with van der Waals surface area (Å²) in [6, 6.07) is 0.509. The summed E-state index contributed by atoms with van der Waals surface area (Å²) >= 11 is 0. The zero-order valence-corrected chi connectivity index (χ0v) is 10.9. The maximum absolute atomic E-state index is 6.10. The first-order valence-electron chi connectivity index (χ1n) is 6.76. The second kappa shape index (κ2) is 6.54. The third-order valence-corrected chi connectivity index (χ3v) is 3.22. The van der Waals surface area contributed by atoms with Crippen LogP contribution in [-0.2, 0) is 0 Å². The van der Waals surface area contributed by atoms with Gasteiger partial charge in [-0.05, 0) is 19.3 Å². The summed E-state index contributed by atoms with van der Waals surface area (Å²) in [6.45, 7) is 2.73. The summed E-state index contributed by atoms with van der Waals surface area (Å²) in [5.41, 5.74) is 6.10. The van der Waals surface area contributed by atoms with Gasteiger partial charge in [-0.15, -0.1) is 0 Å². The van der Waals surface area contributed by atoms with Crippen molar-refractivity contribution in [2.75, 3.05) is 11.9 Å². The minimum atomic E-state index is 0.209. The van der Waals surface area contributed by atoms with Gasteiger partial charge in [0.05, 0.1) is 19.0 Å². The lowest BCUT2D eigenvalue weighted by atomic mass is 9.91. The molecule has 5 nitrogen and oxygen atoms in total. The predicted octanol–water partition coefficient (Wildman–Crippen LogP) is 1.95. The fraction of sp³-hybridized carbons (Fsp3) is 0.692. The molecule has 0 spiro atoms. The van der Waals surface area contributed by atoms with Crippen LogP contribution in [0.5, 0.6) is 5.88 Å². The van der Waals surface area contributed by atoms with Crippen LogP contribution in [0.25, 0.3) is 0 Å². The zero-order chi connectivity index (χ0) is 12.8. The van der Waals surface area contributed by atoms with Crippen molar-refractivity contribution in [2.45, 2.75) is 51.1 Å². The first kappa shape index (κ1) is 13.1. The first-order chi connectivity index (χ1) is 8.79. The monoisotopic (exact) mass is 250 g/mol. The van der Waals surface area contributed by atoms with Gasteiger partial charge in [-0.3, -0.25) is 4.98 Å². The van der Waals surface area contributed by atoms with Crippen molar-refractivity contribution in [1.82, 2.24) is 9.97 Å². The van der Waals surface area contributed by atoms with Crippen LogP contribution in [-0.4, -0.2) is 28.7 Å². The van der Waals surface area contributed by atoms with E-state index in [9.17, 15) is 0 Å². The summed E-state index contributed by atoms with van der Waals surface area (Å²) in [4.78, 5) is 8.52. The average Bonchev–Trinajstić information content (AvgIpc) is 2.40. The van der Waals surface area contributed by atoms with Crippen LogP contribution in [0.3, 0.4) is 0 Å². The van der Waals surface area contributed by atoms with Gasteiger partial charge >= 0.3 is 0 Å². The molecule has 0 bridgehead atoms. The number of hydrogen-bond donors (Lipinski definition) is 2. The standard InChI is InChI=1S/C13H22N4O/c1-2-7-18-13-9-15-8-12(17-13)16-11-6-4-3-5-10(11)14/h8-11H,2-7,14H2,1H3,(H,16,17)/t10-,11-/m1/s1. The normalized spacial score (nSPS) is 23.7. The molecule has 0 radical (unpaired) electrons. The number of nitrogens with two attached hydrogens (primary N) is 1. The fourth-order valence-corrected chi connectivity index (χ4v) is 2.22. The number of aromatic nitrogens is 2. The van der Waals surface area contributed by atoms with Crippen molar-refractivity contribution < 1.29 is 4.74 Å². The van der Waals surface area contributed by atoms with Gasteiger partial charge < -0.3 is 15.8 Å². The number of nitrogens with one attached hydrogen (secondary N) is 1. The zero-order valence-electron chi connectivity index (χ0n) is 10.9. The Hall–Kier alpha value is -1.36. The van der Waals surface area contributed by atoms with E-state index in [1.807, 2.05) is 0 Å². The van der Waals surface area contributed by atoms with Crippen molar-refractivity contribution in [2.24, 2.45) is 5.73 Å². The smallest absolute Gasteiger partial charge is 0.234 e. The largest absolute Gasteiger partial charge is 0.477 e. The van der Waals surface area contributed by atoms with Gasteiger partial charge in [-0.1, -0.05) is 19.8 Å². The highest BCUT2D eigenvalue weighted by molar-refractivity contribution is 5.35. The van der Waals surface area contributed by atoms with Gasteiger partial charge in [0.15, 0.2) is 0 Å². The van der Waals surface area contributed by atoms with Crippen LogP contribution in [0.4, 0.5) is 5.82 Å². The molecule has 0 unspecified atom stereocenters. The minimum Gasteiger partial charge on any atom is -0.477 e. The summed E-state index contributed by atoms with van der Waals surface area (Å²) < 4.78 is 5.47. The summed E-state index contributed by atoms with van der Waals surface area (Å²) in [6.07, 6.45) is 8.96. The lowest BCUT2D eigenvalue weighted by molar-refractivity contribution is 0.304. The minimum absolute atomic E-state index is 0.209.